The van der Waals surface area contributed by atoms with E-state index in [1.54, 1.807) is 25.1 Å². The first-order valence-electron chi connectivity index (χ1n) is 6.52. The second kappa shape index (κ2) is 6.32. The number of nitrogens with one attached hydrogen (secondary N) is 2. The van der Waals surface area contributed by atoms with E-state index in [1.165, 1.54) is 0 Å². The van der Waals surface area contributed by atoms with Crippen molar-refractivity contribution in [1.29, 1.82) is 0 Å². The van der Waals surface area contributed by atoms with E-state index in [-0.39, 0.29) is 13.2 Å². The third-order valence-electron chi connectivity index (χ3n) is 3.59. The topological polar surface area (TPSA) is 87.7 Å². The first-order chi connectivity index (χ1) is 9.91. The highest BCUT2D eigenvalue weighted by Crippen LogP contribution is 2.28. The van der Waals surface area contributed by atoms with Crippen molar-refractivity contribution in [1.82, 2.24) is 10.6 Å². The number of aliphatic carboxylic acids is 1. The van der Waals surface area contributed by atoms with E-state index in [9.17, 15) is 14.7 Å². The SMILES string of the molecule is CC1(C(=O)O)COCC1NC(=O)NCc1cccc(Cl)c1. The van der Waals surface area contributed by atoms with Gasteiger partial charge in [-0.25, -0.2) is 4.79 Å². The molecule has 7 heteroatoms. The number of benzene rings is 1. The van der Waals surface area contributed by atoms with Gasteiger partial charge in [0.15, 0.2) is 0 Å². The van der Waals surface area contributed by atoms with Crippen LogP contribution in [0.5, 0.6) is 0 Å². The maximum atomic E-state index is 11.9. The van der Waals surface area contributed by atoms with Crippen LogP contribution in [0.1, 0.15) is 12.5 Å². The van der Waals surface area contributed by atoms with Crippen molar-refractivity contribution in [3.05, 3.63) is 34.9 Å². The zero-order chi connectivity index (χ0) is 15.5. The standard InChI is InChI=1S/C14H17ClN2O4/c1-14(12(18)19)8-21-7-11(14)17-13(20)16-6-9-3-2-4-10(15)5-9/h2-5,11H,6-8H2,1H3,(H,18,19)(H2,16,17,20). The summed E-state index contributed by atoms with van der Waals surface area (Å²) in [6, 6.07) is 6.14. The van der Waals surface area contributed by atoms with Gasteiger partial charge in [-0.2, -0.15) is 0 Å². The summed E-state index contributed by atoms with van der Waals surface area (Å²) in [5, 5.41) is 15.1. The summed E-state index contributed by atoms with van der Waals surface area (Å²) in [5.41, 5.74) is -0.241. The molecule has 1 aliphatic heterocycles. The Morgan fingerprint density at radius 2 is 2.29 bits per heavy atom. The van der Waals surface area contributed by atoms with Gasteiger partial charge < -0.3 is 20.5 Å². The molecule has 0 aliphatic carbocycles. The summed E-state index contributed by atoms with van der Waals surface area (Å²) in [7, 11) is 0. The van der Waals surface area contributed by atoms with Crippen LogP contribution < -0.4 is 10.6 Å². The smallest absolute Gasteiger partial charge is 0.315 e. The molecular formula is C14H17ClN2O4. The fourth-order valence-corrected chi connectivity index (χ4v) is 2.34. The Bertz CT molecular complexity index is 552. The van der Waals surface area contributed by atoms with Crippen LogP contribution in [0, 0.1) is 5.41 Å². The van der Waals surface area contributed by atoms with Crippen LogP contribution in [0.4, 0.5) is 4.79 Å². The van der Waals surface area contributed by atoms with E-state index in [0.717, 1.165) is 5.56 Å². The zero-order valence-corrected chi connectivity index (χ0v) is 12.3. The molecule has 0 spiro atoms. The molecule has 0 saturated carbocycles. The normalized spacial score (nSPS) is 24.6. The van der Waals surface area contributed by atoms with Gasteiger partial charge in [0.05, 0.1) is 19.3 Å². The van der Waals surface area contributed by atoms with Crippen LogP contribution in [0.2, 0.25) is 5.02 Å². The molecule has 1 fully saturated rings. The first kappa shape index (κ1) is 15.6. The minimum atomic E-state index is -1.10. The average Bonchev–Trinajstić information content (AvgIpc) is 2.79. The molecule has 0 aromatic heterocycles. The number of hydrogen-bond acceptors (Lipinski definition) is 3. The summed E-state index contributed by atoms with van der Waals surface area (Å²) in [4.78, 5) is 23.1. The van der Waals surface area contributed by atoms with Crippen LogP contribution in [0.15, 0.2) is 24.3 Å². The Morgan fingerprint density at radius 1 is 1.52 bits per heavy atom. The molecule has 2 amide bonds. The van der Waals surface area contributed by atoms with Gasteiger partial charge in [-0.1, -0.05) is 23.7 Å². The van der Waals surface area contributed by atoms with Crippen LogP contribution in [-0.4, -0.2) is 36.4 Å². The molecule has 2 rings (SSSR count). The fourth-order valence-electron chi connectivity index (χ4n) is 2.12. The van der Waals surface area contributed by atoms with Crippen molar-refractivity contribution >= 4 is 23.6 Å². The number of urea groups is 1. The number of carboxylic acids is 1. The van der Waals surface area contributed by atoms with Gasteiger partial charge in [0.1, 0.15) is 5.41 Å². The Labute approximate surface area is 127 Å². The Hall–Kier alpha value is -1.79. The number of halogens is 1. The summed E-state index contributed by atoms with van der Waals surface area (Å²) >= 11 is 5.86. The van der Waals surface area contributed by atoms with E-state index in [4.69, 9.17) is 16.3 Å². The molecule has 1 aliphatic rings. The number of carbonyl (C=O) groups excluding carboxylic acids is 1. The van der Waals surface area contributed by atoms with Crippen molar-refractivity contribution < 1.29 is 19.4 Å². The number of ether oxygens (including phenoxy) is 1. The summed E-state index contributed by atoms with van der Waals surface area (Å²) in [5.74, 6) is -0.986. The Balaban J connectivity index is 1.89. The number of amides is 2. The molecule has 1 aromatic rings. The van der Waals surface area contributed by atoms with Crippen molar-refractivity contribution in [3.8, 4) is 0 Å². The highest BCUT2D eigenvalue weighted by atomic mass is 35.5. The van der Waals surface area contributed by atoms with Gasteiger partial charge in [-0.3, -0.25) is 4.79 Å². The van der Waals surface area contributed by atoms with E-state index in [1.807, 2.05) is 6.07 Å². The maximum Gasteiger partial charge on any atom is 0.315 e. The highest BCUT2D eigenvalue weighted by molar-refractivity contribution is 6.30. The molecule has 1 saturated heterocycles. The third-order valence-corrected chi connectivity index (χ3v) is 3.83. The highest BCUT2D eigenvalue weighted by Gasteiger charge is 2.47. The van der Waals surface area contributed by atoms with Crippen molar-refractivity contribution in [2.75, 3.05) is 13.2 Å². The van der Waals surface area contributed by atoms with Crippen molar-refractivity contribution in [2.45, 2.75) is 19.5 Å². The minimum absolute atomic E-state index is 0.0849. The lowest BCUT2D eigenvalue weighted by atomic mass is 9.85. The predicted octanol–water partition coefficient (Wildman–Crippen LogP) is 1.63. The first-order valence-corrected chi connectivity index (χ1v) is 6.89. The molecule has 2 unspecified atom stereocenters. The Kier molecular flexibility index (Phi) is 4.69. The summed E-state index contributed by atoms with van der Waals surface area (Å²) < 4.78 is 5.17. The lowest BCUT2D eigenvalue weighted by Gasteiger charge is -2.25. The molecule has 0 bridgehead atoms. The quantitative estimate of drug-likeness (QED) is 0.788. The maximum absolute atomic E-state index is 11.9. The number of hydrogen-bond donors (Lipinski definition) is 3. The number of rotatable bonds is 4. The second-order valence-electron chi connectivity index (χ2n) is 5.25. The molecule has 2 atom stereocenters. The lowest BCUT2D eigenvalue weighted by Crippen LogP contribution is -2.52. The van der Waals surface area contributed by atoms with Crippen molar-refractivity contribution in [3.63, 3.8) is 0 Å². The predicted molar refractivity (Wildman–Crippen MR) is 77.2 cm³/mol. The molecule has 21 heavy (non-hydrogen) atoms. The molecule has 1 heterocycles. The van der Waals surface area contributed by atoms with Crippen LogP contribution in [-0.2, 0) is 16.1 Å². The number of carbonyl (C=O) groups is 2. The monoisotopic (exact) mass is 312 g/mol. The Morgan fingerprint density at radius 3 is 2.95 bits per heavy atom. The van der Waals surface area contributed by atoms with E-state index in [0.29, 0.717) is 11.6 Å². The molecule has 3 N–H and O–H groups in total. The van der Waals surface area contributed by atoms with Gasteiger partial charge in [0.25, 0.3) is 0 Å². The largest absolute Gasteiger partial charge is 0.481 e. The van der Waals surface area contributed by atoms with Crippen LogP contribution in [0.25, 0.3) is 0 Å². The summed E-state index contributed by atoms with van der Waals surface area (Å²) in [6.45, 7) is 2.14. The van der Waals surface area contributed by atoms with Crippen LogP contribution in [0.3, 0.4) is 0 Å². The van der Waals surface area contributed by atoms with E-state index >= 15 is 0 Å². The van der Waals surface area contributed by atoms with Gasteiger partial charge in [-0.05, 0) is 24.6 Å². The van der Waals surface area contributed by atoms with E-state index in [2.05, 4.69) is 10.6 Å². The second-order valence-corrected chi connectivity index (χ2v) is 5.68. The summed E-state index contributed by atoms with van der Waals surface area (Å²) in [6.07, 6.45) is 0. The van der Waals surface area contributed by atoms with Crippen molar-refractivity contribution in [2.24, 2.45) is 5.41 Å². The number of carboxylic acid groups (broad SMARTS) is 1. The molecule has 6 nitrogen and oxygen atoms in total. The van der Waals surface area contributed by atoms with Gasteiger partial charge in [-0.15, -0.1) is 0 Å². The molecule has 0 radical (unpaired) electrons. The lowest BCUT2D eigenvalue weighted by molar-refractivity contribution is -0.148. The van der Waals surface area contributed by atoms with Gasteiger partial charge >= 0.3 is 12.0 Å². The fraction of sp³-hybridized carbons (Fsp3) is 0.429. The molecule has 114 valence electrons. The van der Waals surface area contributed by atoms with Gasteiger partial charge in [0, 0.05) is 11.6 Å². The van der Waals surface area contributed by atoms with Gasteiger partial charge in [0.2, 0.25) is 0 Å². The average molecular weight is 313 g/mol. The minimum Gasteiger partial charge on any atom is -0.481 e. The molecular weight excluding hydrogens is 296 g/mol. The van der Waals surface area contributed by atoms with Crippen LogP contribution >= 0.6 is 11.6 Å². The third kappa shape index (κ3) is 3.65. The zero-order valence-electron chi connectivity index (χ0n) is 11.6. The molecule has 1 aromatic carbocycles. The van der Waals surface area contributed by atoms with E-state index < -0.39 is 23.5 Å².